The second-order valence-electron chi connectivity index (χ2n) is 6.65. The number of fused-ring (bicyclic) bond motifs is 2. The predicted octanol–water partition coefficient (Wildman–Crippen LogP) is -0.296. The van der Waals surface area contributed by atoms with Gasteiger partial charge in [0.2, 0.25) is 5.78 Å². The highest BCUT2D eigenvalue weighted by molar-refractivity contribution is 6.14. The Morgan fingerprint density at radius 1 is 1.18 bits per heavy atom. The molecule has 0 fully saturated rings. The van der Waals surface area contributed by atoms with Crippen LogP contribution in [0.25, 0.3) is 0 Å². The van der Waals surface area contributed by atoms with Gasteiger partial charge in [0, 0.05) is 5.56 Å². The first-order chi connectivity index (χ1) is 13.3. The Bertz CT molecular complexity index is 928. The molecule has 1 unspecified atom stereocenters. The average Bonchev–Trinajstić information content (AvgIpc) is 3.16. The van der Waals surface area contributed by atoms with Gasteiger partial charge in [0.1, 0.15) is 24.9 Å². The van der Waals surface area contributed by atoms with Gasteiger partial charge in [-0.15, -0.1) is 0 Å². The largest absolute Gasteiger partial charge is 0.463 e. The minimum absolute atomic E-state index is 0.0537. The van der Waals surface area contributed by atoms with E-state index in [4.69, 9.17) is 25.1 Å². The summed E-state index contributed by atoms with van der Waals surface area (Å²) in [4.78, 5) is 36.7. The minimum atomic E-state index is -1.51. The fourth-order valence-electron chi connectivity index (χ4n) is 2.79. The molecule has 0 radical (unpaired) electrons. The number of rotatable bonds is 7. The van der Waals surface area contributed by atoms with E-state index in [0.29, 0.717) is 11.1 Å². The summed E-state index contributed by atoms with van der Waals surface area (Å²) in [6.07, 6.45) is -1.90. The number of carbonyl (C=O) groups excluding carboxylic acids is 3. The molecule has 1 aliphatic rings. The van der Waals surface area contributed by atoms with Crippen LogP contribution in [0.4, 0.5) is 0 Å². The van der Waals surface area contributed by atoms with E-state index < -0.39 is 49.6 Å². The number of ether oxygens (including phenoxy) is 1. The van der Waals surface area contributed by atoms with Gasteiger partial charge in [0.25, 0.3) is 0 Å². The monoisotopic (exact) mass is 389 g/mol. The smallest absolute Gasteiger partial charge is 0.313 e. The molecule has 0 spiro atoms. The van der Waals surface area contributed by atoms with Crippen LogP contribution in [-0.4, -0.2) is 58.2 Å². The lowest BCUT2D eigenvalue weighted by molar-refractivity contribution is -0.145. The van der Waals surface area contributed by atoms with E-state index in [-0.39, 0.29) is 22.9 Å². The molecule has 5 N–H and O–H groups in total. The lowest BCUT2D eigenvalue weighted by Crippen LogP contribution is -2.51. The summed E-state index contributed by atoms with van der Waals surface area (Å²) in [5.74, 6) is -2.39. The lowest BCUT2D eigenvalue weighted by Gasteiger charge is -2.23. The van der Waals surface area contributed by atoms with Crippen LogP contribution in [0.5, 0.6) is 0 Å². The third-order valence-electron chi connectivity index (χ3n) is 4.48. The van der Waals surface area contributed by atoms with Crippen LogP contribution in [0, 0.1) is 0 Å². The van der Waals surface area contributed by atoms with Crippen LogP contribution in [-0.2, 0) is 9.53 Å². The van der Waals surface area contributed by atoms with E-state index in [1.165, 1.54) is 6.07 Å². The van der Waals surface area contributed by atoms with Crippen LogP contribution in [0.1, 0.15) is 50.3 Å². The van der Waals surface area contributed by atoms with Gasteiger partial charge in [0.05, 0.1) is 24.3 Å². The molecule has 1 aliphatic carbocycles. The maximum Gasteiger partial charge on any atom is 0.313 e. The third kappa shape index (κ3) is 3.60. The zero-order valence-corrected chi connectivity index (χ0v) is 14.8. The highest BCUT2D eigenvalue weighted by Crippen LogP contribution is 2.36. The van der Waals surface area contributed by atoms with Gasteiger partial charge in [-0.25, -0.2) is 0 Å². The molecule has 9 heteroatoms. The van der Waals surface area contributed by atoms with Crippen LogP contribution in [0.3, 0.4) is 0 Å². The first kappa shape index (κ1) is 19.9. The molecular weight excluding hydrogens is 370 g/mol. The van der Waals surface area contributed by atoms with Crippen molar-refractivity contribution in [3.05, 3.63) is 58.5 Å². The predicted molar refractivity (Wildman–Crippen MR) is 93.6 cm³/mol. The molecule has 28 heavy (non-hydrogen) atoms. The number of esters is 1. The Morgan fingerprint density at radius 3 is 2.54 bits per heavy atom. The normalized spacial score (nSPS) is 15.7. The highest BCUT2D eigenvalue weighted by atomic mass is 16.5. The van der Waals surface area contributed by atoms with Crippen molar-refractivity contribution in [3.63, 3.8) is 0 Å². The van der Waals surface area contributed by atoms with Gasteiger partial charge in [-0.1, -0.05) is 24.3 Å². The van der Waals surface area contributed by atoms with Crippen molar-refractivity contribution >= 4 is 17.5 Å². The number of benzene rings is 1. The first-order valence-electron chi connectivity index (χ1n) is 8.44. The molecule has 148 valence electrons. The molecule has 2 aromatic rings. The van der Waals surface area contributed by atoms with Gasteiger partial charge in [0.15, 0.2) is 11.5 Å². The van der Waals surface area contributed by atoms with Crippen LogP contribution < -0.4 is 5.73 Å². The molecular formula is C19H19NO8. The first-order valence-corrected chi connectivity index (χ1v) is 8.44. The fourth-order valence-corrected chi connectivity index (χ4v) is 2.79. The summed E-state index contributed by atoms with van der Waals surface area (Å²) < 4.78 is 10.2. The molecule has 1 aromatic heterocycles. The molecule has 1 aromatic carbocycles. The van der Waals surface area contributed by atoms with Gasteiger partial charge >= 0.3 is 5.97 Å². The standard InChI is InChI=1S/C19H19NO8/c20-19(7-21,8-22)9-27-15(24)6-13(23)14-5-12-16(25)10-3-1-2-4-11(10)17(26)18(12)28-14/h1-5,17,21-22,26H,6-9,20H2. The third-order valence-corrected chi connectivity index (χ3v) is 4.48. The molecule has 1 heterocycles. The van der Waals surface area contributed by atoms with Crippen LogP contribution in [0.2, 0.25) is 0 Å². The van der Waals surface area contributed by atoms with Crippen molar-refractivity contribution in [3.8, 4) is 0 Å². The van der Waals surface area contributed by atoms with Crippen molar-refractivity contribution in [2.45, 2.75) is 18.1 Å². The summed E-state index contributed by atoms with van der Waals surface area (Å²) in [7, 11) is 0. The van der Waals surface area contributed by atoms with E-state index in [0.717, 1.165) is 0 Å². The summed E-state index contributed by atoms with van der Waals surface area (Å²) in [5, 5.41) is 28.5. The summed E-state index contributed by atoms with van der Waals surface area (Å²) in [5.41, 5.74) is 4.82. The van der Waals surface area contributed by atoms with Crippen molar-refractivity contribution in [2.24, 2.45) is 5.73 Å². The van der Waals surface area contributed by atoms with E-state index in [1.807, 2.05) is 0 Å². The number of Topliss-reactive ketones (excluding diaryl/α,β-unsaturated/α-hetero) is 1. The number of carbonyl (C=O) groups is 3. The number of hydrogen-bond acceptors (Lipinski definition) is 9. The van der Waals surface area contributed by atoms with E-state index in [2.05, 4.69) is 0 Å². The Labute approximate surface area is 159 Å². The van der Waals surface area contributed by atoms with E-state index in [9.17, 15) is 19.5 Å². The Morgan fingerprint density at radius 2 is 1.86 bits per heavy atom. The van der Waals surface area contributed by atoms with Crippen molar-refractivity contribution in [1.29, 1.82) is 0 Å². The van der Waals surface area contributed by atoms with Crippen LogP contribution >= 0.6 is 0 Å². The molecule has 3 rings (SSSR count). The second kappa shape index (κ2) is 7.64. The number of hydrogen-bond donors (Lipinski definition) is 4. The fraction of sp³-hybridized carbons (Fsp3) is 0.316. The van der Waals surface area contributed by atoms with Gasteiger partial charge < -0.3 is 30.2 Å². The van der Waals surface area contributed by atoms with Gasteiger partial charge in [-0.05, 0) is 11.6 Å². The van der Waals surface area contributed by atoms with Crippen molar-refractivity contribution in [2.75, 3.05) is 19.8 Å². The number of furan rings is 1. The highest BCUT2D eigenvalue weighted by Gasteiger charge is 2.35. The maximum atomic E-state index is 12.6. The minimum Gasteiger partial charge on any atom is -0.463 e. The molecule has 0 saturated carbocycles. The molecule has 1 atom stereocenters. The van der Waals surface area contributed by atoms with E-state index in [1.54, 1.807) is 24.3 Å². The average molecular weight is 389 g/mol. The zero-order valence-electron chi connectivity index (χ0n) is 14.8. The molecule has 0 aliphatic heterocycles. The maximum absolute atomic E-state index is 12.6. The number of nitrogens with two attached hydrogens (primary N) is 1. The van der Waals surface area contributed by atoms with Gasteiger partial charge in [-0.2, -0.15) is 0 Å². The topological polar surface area (TPSA) is 160 Å². The SMILES string of the molecule is NC(CO)(CO)COC(=O)CC(=O)c1cc2c(o1)C(O)c1ccccc1C2=O. The lowest BCUT2D eigenvalue weighted by atomic mass is 9.87. The van der Waals surface area contributed by atoms with E-state index >= 15 is 0 Å². The summed E-state index contributed by atoms with van der Waals surface area (Å²) >= 11 is 0. The van der Waals surface area contributed by atoms with Crippen molar-refractivity contribution in [1.82, 2.24) is 0 Å². The number of ketones is 2. The van der Waals surface area contributed by atoms with Gasteiger partial charge in [-0.3, -0.25) is 14.4 Å². The number of aliphatic hydroxyl groups excluding tert-OH is 3. The zero-order chi connectivity index (χ0) is 20.5. The molecule has 0 bridgehead atoms. The van der Waals surface area contributed by atoms with Crippen LogP contribution in [0.15, 0.2) is 34.7 Å². The molecule has 0 saturated heterocycles. The van der Waals surface area contributed by atoms with Crippen molar-refractivity contribution < 1.29 is 38.9 Å². The Balaban J connectivity index is 1.73. The molecule has 9 nitrogen and oxygen atoms in total. The Hall–Kier alpha value is -2.85. The second-order valence-corrected chi connectivity index (χ2v) is 6.65. The quantitative estimate of drug-likeness (QED) is 0.283. The molecule has 0 amide bonds. The summed E-state index contributed by atoms with van der Waals surface area (Å²) in [6, 6.07) is 7.68. The number of aliphatic hydroxyl groups is 3. The Kier molecular flexibility index (Phi) is 5.43. The summed E-state index contributed by atoms with van der Waals surface area (Å²) in [6.45, 7) is -1.71.